The molecule has 0 aromatic heterocycles. The van der Waals surface area contributed by atoms with E-state index < -0.39 is 0 Å². The highest BCUT2D eigenvalue weighted by Crippen LogP contribution is 2.29. The predicted octanol–water partition coefficient (Wildman–Crippen LogP) is 3.11. The summed E-state index contributed by atoms with van der Waals surface area (Å²) in [6.07, 6.45) is 8.07. The van der Waals surface area contributed by atoms with Crippen LogP contribution in [0.5, 0.6) is 0 Å². The quantitative estimate of drug-likeness (QED) is 0.608. The minimum absolute atomic E-state index is 0.716. The first kappa shape index (κ1) is 11.2. The zero-order valence-corrected chi connectivity index (χ0v) is 8.78. The van der Waals surface area contributed by atoms with Crippen molar-refractivity contribution in [2.45, 2.75) is 25.7 Å². The fraction of sp³-hybridized carbons (Fsp3) is 0.667. The third-order valence-corrected chi connectivity index (χ3v) is 2.87. The van der Waals surface area contributed by atoms with Crippen LogP contribution < -0.4 is 0 Å². The van der Waals surface area contributed by atoms with E-state index in [2.05, 4.69) is 13.2 Å². The monoisotopic (exact) mass is 196 g/mol. The Kier molecular flexibility index (Phi) is 5.20. The smallest absolute Gasteiger partial charge is 0.0901 e. The molecule has 0 aromatic rings. The van der Waals surface area contributed by atoms with E-state index in [0.29, 0.717) is 11.8 Å². The Morgan fingerprint density at radius 3 is 1.50 bits per heavy atom. The molecule has 0 N–H and O–H groups in total. The first-order chi connectivity index (χ1) is 6.86. The van der Waals surface area contributed by atoms with Crippen LogP contribution in [0.1, 0.15) is 25.7 Å². The van der Waals surface area contributed by atoms with Crippen molar-refractivity contribution in [3.8, 4) is 0 Å². The summed E-state index contributed by atoms with van der Waals surface area (Å²) in [5, 5.41) is 0. The Hall–Kier alpha value is -0.920. The topological polar surface area (TPSA) is 18.5 Å². The van der Waals surface area contributed by atoms with Crippen LogP contribution in [0.15, 0.2) is 25.7 Å². The standard InChI is InChI=1S/C12H20O2/c1-3-13-9-11-5-7-12(8-6-11)10-14-4-2/h3-4,11-12H,1-2,5-10H2/t11-,12-. The van der Waals surface area contributed by atoms with Crippen molar-refractivity contribution in [3.05, 3.63) is 25.7 Å². The van der Waals surface area contributed by atoms with Gasteiger partial charge in [-0.25, -0.2) is 0 Å². The van der Waals surface area contributed by atoms with Gasteiger partial charge in [-0.1, -0.05) is 13.2 Å². The van der Waals surface area contributed by atoms with Gasteiger partial charge in [0.15, 0.2) is 0 Å². The Morgan fingerprint density at radius 1 is 0.857 bits per heavy atom. The molecule has 0 aromatic carbocycles. The summed E-state index contributed by atoms with van der Waals surface area (Å²) in [4.78, 5) is 0. The molecule has 0 atom stereocenters. The van der Waals surface area contributed by atoms with E-state index in [1.165, 1.54) is 38.2 Å². The van der Waals surface area contributed by atoms with Gasteiger partial charge in [-0.05, 0) is 37.5 Å². The molecule has 1 rings (SSSR count). The van der Waals surface area contributed by atoms with Gasteiger partial charge in [0.05, 0.1) is 25.7 Å². The van der Waals surface area contributed by atoms with Crippen molar-refractivity contribution >= 4 is 0 Å². The second-order valence-electron chi connectivity index (χ2n) is 3.89. The lowest BCUT2D eigenvalue weighted by Crippen LogP contribution is -2.20. The van der Waals surface area contributed by atoms with Gasteiger partial charge < -0.3 is 9.47 Å². The zero-order valence-electron chi connectivity index (χ0n) is 8.78. The maximum atomic E-state index is 5.21. The summed E-state index contributed by atoms with van der Waals surface area (Å²) < 4.78 is 10.4. The van der Waals surface area contributed by atoms with E-state index in [1.54, 1.807) is 0 Å². The van der Waals surface area contributed by atoms with Gasteiger partial charge in [-0.3, -0.25) is 0 Å². The number of rotatable bonds is 6. The highest BCUT2D eigenvalue weighted by atomic mass is 16.5. The average molecular weight is 196 g/mol. The molecule has 2 nitrogen and oxygen atoms in total. The molecule has 1 aliphatic carbocycles. The van der Waals surface area contributed by atoms with E-state index in [1.807, 2.05) is 0 Å². The summed E-state index contributed by atoms with van der Waals surface area (Å²) >= 11 is 0. The van der Waals surface area contributed by atoms with Crippen molar-refractivity contribution in [2.24, 2.45) is 11.8 Å². The van der Waals surface area contributed by atoms with Gasteiger partial charge in [0.25, 0.3) is 0 Å². The van der Waals surface area contributed by atoms with Crippen LogP contribution >= 0.6 is 0 Å². The Labute approximate surface area is 86.6 Å². The molecule has 2 heteroatoms. The fourth-order valence-electron chi connectivity index (χ4n) is 1.97. The summed E-state index contributed by atoms with van der Waals surface area (Å²) in [7, 11) is 0. The average Bonchev–Trinajstić information content (AvgIpc) is 2.25. The molecule has 0 bridgehead atoms. The molecule has 0 unspecified atom stereocenters. The van der Waals surface area contributed by atoms with Gasteiger partial charge in [0.2, 0.25) is 0 Å². The molecule has 1 saturated carbocycles. The van der Waals surface area contributed by atoms with Gasteiger partial charge >= 0.3 is 0 Å². The molecule has 0 saturated heterocycles. The van der Waals surface area contributed by atoms with Gasteiger partial charge in [0.1, 0.15) is 0 Å². The van der Waals surface area contributed by atoms with E-state index in [-0.39, 0.29) is 0 Å². The molecule has 0 radical (unpaired) electrons. The zero-order chi connectivity index (χ0) is 10.2. The lowest BCUT2D eigenvalue weighted by Gasteiger charge is -2.27. The van der Waals surface area contributed by atoms with Gasteiger partial charge in [-0.15, -0.1) is 0 Å². The van der Waals surface area contributed by atoms with Crippen molar-refractivity contribution in [1.82, 2.24) is 0 Å². The number of hydrogen-bond donors (Lipinski definition) is 0. The summed E-state index contributed by atoms with van der Waals surface area (Å²) in [6.45, 7) is 8.76. The minimum Gasteiger partial charge on any atom is -0.502 e. The van der Waals surface area contributed by atoms with Crippen molar-refractivity contribution < 1.29 is 9.47 Å². The molecule has 0 aliphatic heterocycles. The van der Waals surface area contributed by atoms with Crippen LogP contribution in [-0.4, -0.2) is 13.2 Å². The van der Waals surface area contributed by atoms with Gasteiger partial charge in [-0.2, -0.15) is 0 Å². The normalized spacial score (nSPS) is 26.6. The first-order valence-corrected chi connectivity index (χ1v) is 5.31. The second kappa shape index (κ2) is 6.52. The Bertz CT molecular complexity index is 149. The van der Waals surface area contributed by atoms with Crippen LogP contribution in [0, 0.1) is 11.8 Å². The number of hydrogen-bond acceptors (Lipinski definition) is 2. The van der Waals surface area contributed by atoms with Crippen LogP contribution in [0.3, 0.4) is 0 Å². The Balaban J connectivity index is 2.10. The van der Waals surface area contributed by atoms with E-state index >= 15 is 0 Å². The van der Waals surface area contributed by atoms with Crippen LogP contribution in [0.4, 0.5) is 0 Å². The van der Waals surface area contributed by atoms with Crippen molar-refractivity contribution in [3.63, 3.8) is 0 Å². The fourth-order valence-corrected chi connectivity index (χ4v) is 1.97. The third kappa shape index (κ3) is 3.86. The van der Waals surface area contributed by atoms with Gasteiger partial charge in [0, 0.05) is 0 Å². The molecule has 0 spiro atoms. The van der Waals surface area contributed by atoms with E-state index in [0.717, 1.165) is 13.2 Å². The minimum atomic E-state index is 0.716. The maximum Gasteiger partial charge on any atom is 0.0901 e. The molecule has 80 valence electrons. The molecule has 1 fully saturated rings. The van der Waals surface area contributed by atoms with Crippen LogP contribution in [0.25, 0.3) is 0 Å². The largest absolute Gasteiger partial charge is 0.502 e. The molecular formula is C12H20O2. The van der Waals surface area contributed by atoms with E-state index in [4.69, 9.17) is 9.47 Å². The van der Waals surface area contributed by atoms with Crippen molar-refractivity contribution in [2.75, 3.05) is 13.2 Å². The van der Waals surface area contributed by atoms with Crippen molar-refractivity contribution in [1.29, 1.82) is 0 Å². The molecule has 14 heavy (non-hydrogen) atoms. The summed E-state index contributed by atoms with van der Waals surface area (Å²) in [5.41, 5.74) is 0. The third-order valence-electron chi connectivity index (χ3n) is 2.87. The highest BCUT2D eigenvalue weighted by molar-refractivity contribution is 4.73. The maximum absolute atomic E-state index is 5.21. The second-order valence-corrected chi connectivity index (χ2v) is 3.89. The lowest BCUT2D eigenvalue weighted by atomic mass is 9.83. The molecular weight excluding hydrogens is 176 g/mol. The van der Waals surface area contributed by atoms with Crippen LogP contribution in [-0.2, 0) is 9.47 Å². The Morgan fingerprint density at radius 2 is 1.21 bits per heavy atom. The van der Waals surface area contributed by atoms with Crippen LogP contribution in [0.2, 0.25) is 0 Å². The van der Waals surface area contributed by atoms with E-state index in [9.17, 15) is 0 Å². The molecule has 0 amide bonds. The molecule has 1 aliphatic rings. The summed E-state index contributed by atoms with van der Waals surface area (Å²) in [5.74, 6) is 1.43. The molecule has 0 heterocycles. The summed E-state index contributed by atoms with van der Waals surface area (Å²) in [6, 6.07) is 0. The predicted molar refractivity (Wildman–Crippen MR) is 57.7 cm³/mol. The lowest BCUT2D eigenvalue weighted by molar-refractivity contribution is 0.114. The SMILES string of the molecule is C=COC[C@H]1CC[C@H](COC=C)CC1. The number of ether oxygens (including phenoxy) is 2. The highest BCUT2D eigenvalue weighted by Gasteiger charge is 2.21. The first-order valence-electron chi connectivity index (χ1n) is 5.31.